The van der Waals surface area contributed by atoms with Gasteiger partial charge in [0.25, 0.3) is 0 Å². The van der Waals surface area contributed by atoms with Crippen molar-refractivity contribution in [3.63, 3.8) is 0 Å². The molecule has 0 unspecified atom stereocenters. The van der Waals surface area contributed by atoms with Crippen molar-refractivity contribution in [2.45, 2.75) is 0 Å². The Morgan fingerprint density at radius 1 is 0.773 bits per heavy atom. The predicted molar refractivity (Wildman–Crippen MR) is 84.5 cm³/mol. The van der Waals surface area contributed by atoms with Crippen molar-refractivity contribution in [3.05, 3.63) is 90.0 Å². The zero-order valence-electron chi connectivity index (χ0n) is 11.8. The van der Waals surface area contributed by atoms with Gasteiger partial charge < -0.3 is 9.84 Å². The van der Waals surface area contributed by atoms with Gasteiger partial charge in [-0.2, -0.15) is 0 Å². The molecule has 22 heavy (non-hydrogen) atoms. The number of phenolic OH excluding ortho intramolecular Hbond substituents is 1. The van der Waals surface area contributed by atoms with E-state index in [1.165, 1.54) is 12.1 Å². The summed E-state index contributed by atoms with van der Waals surface area (Å²) in [7, 11) is 0. The van der Waals surface area contributed by atoms with Crippen LogP contribution in [0.3, 0.4) is 0 Å². The number of hydrogen-bond donors (Lipinski definition) is 1. The van der Waals surface area contributed by atoms with Gasteiger partial charge in [0.2, 0.25) is 0 Å². The predicted octanol–water partition coefficient (Wildman–Crippen LogP) is 4.42. The molecule has 0 aliphatic heterocycles. The van der Waals surface area contributed by atoms with Crippen molar-refractivity contribution in [1.29, 1.82) is 0 Å². The van der Waals surface area contributed by atoms with Crippen LogP contribution in [-0.2, 0) is 0 Å². The van der Waals surface area contributed by atoms with Gasteiger partial charge in [-0.25, -0.2) is 0 Å². The average molecular weight is 290 g/mol. The van der Waals surface area contributed by atoms with Crippen LogP contribution in [0.15, 0.2) is 78.9 Å². The number of para-hydroxylation sites is 1. The smallest absolute Gasteiger partial charge is 0.196 e. The van der Waals surface area contributed by atoms with E-state index in [9.17, 15) is 9.90 Å². The third-order valence-corrected chi connectivity index (χ3v) is 3.23. The Bertz CT molecular complexity index is 777. The zero-order chi connectivity index (χ0) is 15.4. The molecule has 3 aromatic rings. The maximum atomic E-state index is 12.6. The summed E-state index contributed by atoms with van der Waals surface area (Å²) in [6.45, 7) is 0. The van der Waals surface area contributed by atoms with Crippen LogP contribution >= 0.6 is 0 Å². The Hall–Kier alpha value is -3.07. The van der Waals surface area contributed by atoms with Gasteiger partial charge in [0.15, 0.2) is 5.78 Å². The highest BCUT2D eigenvalue weighted by atomic mass is 16.5. The van der Waals surface area contributed by atoms with E-state index in [1.807, 2.05) is 24.3 Å². The second-order valence-corrected chi connectivity index (χ2v) is 4.79. The number of phenols is 1. The van der Waals surface area contributed by atoms with Gasteiger partial charge in [0.05, 0.1) is 5.56 Å². The number of benzene rings is 3. The molecule has 0 aliphatic rings. The molecular formula is C19H14O3. The van der Waals surface area contributed by atoms with Crippen molar-refractivity contribution in [3.8, 4) is 17.2 Å². The van der Waals surface area contributed by atoms with Crippen molar-refractivity contribution < 1.29 is 14.6 Å². The quantitative estimate of drug-likeness (QED) is 0.724. The Balaban J connectivity index is 1.93. The Kier molecular flexibility index (Phi) is 3.88. The van der Waals surface area contributed by atoms with Crippen LogP contribution in [0.2, 0.25) is 0 Å². The normalized spacial score (nSPS) is 10.2. The number of hydrogen-bond acceptors (Lipinski definition) is 3. The maximum Gasteiger partial charge on any atom is 0.196 e. The molecule has 0 heterocycles. The lowest BCUT2D eigenvalue weighted by Gasteiger charge is -2.10. The highest BCUT2D eigenvalue weighted by Crippen LogP contribution is 2.28. The highest BCUT2D eigenvalue weighted by Gasteiger charge is 2.14. The summed E-state index contributed by atoms with van der Waals surface area (Å²) in [6.07, 6.45) is 0. The zero-order valence-corrected chi connectivity index (χ0v) is 11.8. The first-order chi connectivity index (χ1) is 10.7. The molecule has 3 rings (SSSR count). The lowest BCUT2D eigenvalue weighted by molar-refractivity contribution is 0.103. The number of aromatic hydroxyl groups is 1. The molecule has 0 fully saturated rings. The van der Waals surface area contributed by atoms with Gasteiger partial charge >= 0.3 is 0 Å². The van der Waals surface area contributed by atoms with Crippen molar-refractivity contribution >= 4 is 5.78 Å². The third kappa shape index (κ3) is 2.99. The molecule has 0 bridgehead atoms. The van der Waals surface area contributed by atoms with Crippen LogP contribution in [0.25, 0.3) is 0 Å². The Morgan fingerprint density at radius 2 is 1.41 bits per heavy atom. The van der Waals surface area contributed by atoms with Crippen LogP contribution in [0, 0.1) is 0 Å². The monoisotopic (exact) mass is 290 g/mol. The molecule has 3 aromatic carbocycles. The van der Waals surface area contributed by atoms with Crippen LogP contribution in [-0.4, -0.2) is 10.9 Å². The molecule has 0 atom stereocenters. The fourth-order valence-corrected chi connectivity index (χ4v) is 2.13. The summed E-state index contributed by atoms with van der Waals surface area (Å²) < 4.78 is 5.78. The number of carbonyl (C=O) groups excluding carboxylic acids is 1. The van der Waals surface area contributed by atoms with E-state index in [1.54, 1.807) is 42.5 Å². The van der Waals surface area contributed by atoms with Crippen molar-refractivity contribution in [2.24, 2.45) is 0 Å². The molecule has 0 radical (unpaired) electrons. The van der Waals surface area contributed by atoms with Crippen molar-refractivity contribution in [2.75, 3.05) is 0 Å². The summed E-state index contributed by atoms with van der Waals surface area (Å²) in [4.78, 5) is 12.6. The number of ketones is 1. The second-order valence-electron chi connectivity index (χ2n) is 4.79. The van der Waals surface area contributed by atoms with Crippen LogP contribution < -0.4 is 4.74 Å². The Morgan fingerprint density at radius 3 is 2.14 bits per heavy atom. The minimum Gasteiger partial charge on any atom is -0.508 e. The molecule has 0 spiro atoms. The first-order valence-electron chi connectivity index (χ1n) is 6.90. The highest BCUT2D eigenvalue weighted by molar-refractivity contribution is 6.10. The van der Waals surface area contributed by atoms with Gasteiger partial charge in [-0.3, -0.25) is 4.79 Å². The van der Waals surface area contributed by atoms with Crippen molar-refractivity contribution in [1.82, 2.24) is 0 Å². The topological polar surface area (TPSA) is 46.5 Å². The van der Waals surface area contributed by atoms with E-state index in [2.05, 4.69) is 0 Å². The van der Waals surface area contributed by atoms with Crippen LogP contribution in [0.4, 0.5) is 0 Å². The molecular weight excluding hydrogens is 276 g/mol. The molecule has 0 saturated carbocycles. The summed E-state index contributed by atoms with van der Waals surface area (Å²) in [5.41, 5.74) is 1.12. The lowest BCUT2D eigenvalue weighted by atomic mass is 10.0. The lowest BCUT2D eigenvalue weighted by Crippen LogP contribution is -2.03. The minimum absolute atomic E-state index is 0.0880. The van der Waals surface area contributed by atoms with Gasteiger partial charge in [-0.1, -0.05) is 42.5 Å². The second kappa shape index (κ2) is 6.14. The van der Waals surface area contributed by atoms with E-state index in [-0.39, 0.29) is 11.5 Å². The largest absolute Gasteiger partial charge is 0.508 e. The number of rotatable bonds is 4. The molecule has 3 nitrogen and oxygen atoms in total. The molecule has 108 valence electrons. The third-order valence-electron chi connectivity index (χ3n) is 3.23. The Labute approximate surface area is 128 Å². The van der Waals surface area contributed by atoms with Crippen LogP contribution in [0.1, 0.15) is 15.9 Å². The number of ether oxygens (including phenoxy) is 1. The van der Waals surface area contributed by atoms with E-state index >= 15 is 0 Å². The minimum atomic E-state index is -0.0880. The number of carbonyl (C=O) groups is 1. The van der Waals surface area contributed by atoms with Crippen LogP contribution in [0.5, 0.6) is 17.2 Å². The fraction of sp³-hybridized carbons (Fsp3) is 0. The average Bonchev–Trinajstić information content (AvgIpc) is 2.58. The first-order valence-corrected chi connectivity index (χ1v) is 6.90. The van der Waals surface area contributed by atoms with Gasteiger partial charge in [-0.15, -0.1) is 0 Å². The molecule has 3 heteroatoms. The SMILES string of the molecule is O=C(c1ccccc1)c1ccccc1Oc1ccc(O)cc1. The van der Waals surface area contributed by atoms with E-state index in [4.69, 9.17) is 4.74 Å². The molecule has 0 aliphatic carbocycles. The first kappa shape index (κ1) is 13.9. The van der Waals surface area contributed by atoms with E-state index in [0.717, 1.165) is 0 Å². The van der Waals surface area contributed by atoms with Gasteiger partial charge in [0, 0.05) is 5.56 Å². The molecule has 0 aromatic heterocycles. The van der Waals surface area contributed by atoms with E-state index < -0.39 is 0 Å². The fourth-order valence-electron chi connectivity index (χ4n) is 2.13. The summed E-state index contributed by atoms with van der Waals surface area (Å²) in [5, 5.41) is 9.30. The standard InChI is InChI=1S/C19H14O3/c20-15-10-12-16(13-11-15)22-18-9-5-4-8-17(18)19(21)14-6-2-1-3-7-14/h1-13,20H. The maximum absolute atomic E-state index is 12.6. The van der Waals surface area contributed by atoms with Gasteiger partial charge in [0.1, 0.15) is 17.2 Å². The van der Waals surface area contributed by atoms with E-state index in [0.29, 0.717) is 22.6 Å². The molecule has 1 N–H and O–H groups in total. The summed E-state index contributed by atoms with van der Waals surface area (Å²) >= 11 is 0. The summed E-state index contributed by atoms with van der Waals surface area (Å²) in [5.74, 6) is 1.13. The molecule has 0 saturated heterocycles. The summed E-state index contributed by atoms with van der Waals surface area (Å²) in [6, 6.07) is 22.6. The van der Waals surface area contributed by atoms with Gasteiger partial charge in [-0.05, 0) is 36.4 Å². The molecule has 0 amide bonds.